The minimum absolute atomic E-state index is 0. The van der Waals surface area contributed by atoms with Crippen LogP contribution in [0.1, 0.15) is 5.56 Å². The molecule has 0 bridgehead atoms. The van der Waals surface area contributed by atoms with E-state index in [-0.39, 0.29) is 17.1 Å². The maximum Gasteiger partial charge on any atom is 2.00 e. The van der Waals surface area contributed by atoms with Gasteiger partial charge in [-0.3, -0.25) is 0 Å². The molecule has 0 aromatic heterocycles. The van der Waals surface area contributed by atoms with Gasteiger partial charge in [-0.05, 0) is 0 Å². The molecule has 0 amide bonds. The Labute approximate surface area is 89.8 Å². The fourth-order valence-electron chi connectivity index (χ4n) is 0.791. The normalized spacial score (nSPS) is 7.31. The van der Waals surface area contributed by atoms with Crippen molar-refractivity contribution in [1.82, 2.24) is 0 Å². The Morgan fingerprint density at radius 3 is 1.77 bits per heavy atom. The van der Waals surface area contributed by atoms with Crippen molar-refractivity contribution in [1.29, 1.82) is 0 Å². The first kappa shape index (κ1) is 11.8. The number of hydrogen-bond donors (Lipinski definition) is 0. The summed E-state index contributed by atoms with van der Waals surface area (Å²) in [6, 6.07) is 17.7. The van der Waals surface area contributed by atoms with Gasteiger partial charge in [-0.2, -0.15) is 36.3 Å². The average molecular weight is 210 g/mol. The molecule has 0 aliphatic rings. The first-order chi connectivity index (χ1) is 5.93. The van der Waals surface area contributed by atoms with Crippen molar-refractivity contribution in [3.05, 3.63) is 60.2 Å². The molecule has 0 unspecified atom stereocenters. The van der Waals surface area contributed by atoms with Crippen LogP contribution in [0.4, 0.5) is 0 Å². The van der Waals surface area contributed by atoms with Gasteiger partial charge in [0.05, 0.1) is 0 Å². The van der Waals surface area contributed by atoms with Crippen LogP contribution >= 0.6 is 0 Å². The van der Waals surface area contributed by atoms with Gasteiger partial charge in [0.25, 0.3) is 0 Å². The van der Waals surface area contributed by atoms with E-state index in [1.165, 1.54) is 0 Å². The van der Waals surface area contributed by atoms with E-state index >= 15 is 0 Å². The van der Waals surface area contributed by atoms with Crippen LogP contribution in [0, 0.1) is 12.3 Å². The zero-order chi connectivity index (χ0) is 8.65. The molecule has 0 heterocycles. The molecule has 1 heteroatoms. The van der Waals surface area contributed by atoms with Crippen LogP contribution in [0.15, 0.2) is 54.6 Å². The van der Waals surface area contributed by atoms with E-state index in [0.29, 0.717) is 0 Å². The second-order valence-electron chi connectivity index (χ2n) is 2.28. The molecular formula is C12H10Fe. The van der Waals surface area contributed by atoms with E-state index in [9.17, 15) is 0 Å². The van der Waals surface area contributed by atoms with Crippen molar-refractivity contribution in [2.24, 2.45) is 0 Å². The molecule has 2 aromatic rings. The Balaban J connectivity index is 0.000000215. The van der Waals surface area contributed by atoms with Gasteiger partial charge in [-0.15, -0.1) is 12.1 Å². The summed E-state index contributed by atoms with van der Waals surface area (Å²) < 4.78 is 0. The topological polar surface area (TPSA) is 0 Å². The fraction of sp³-hybridized carbons (Fsp3) is 0. The first-order valence-corrected chi connectivity index (χ1v) is 3.78. The maximum absolute atomic E-state index is 5.04. The van der Waals surface area contributed by atoms with Crippen LogP contribution < -0.4 is 0 Å². The standard InChI is InChI=1S/C7H5.C5H5.Fe/c1-2-7-5-3-4-6-7;1-2-4-5-3-1;/h1,3-6H;1-5H;/q2*-1;+2. The Morgan fingerprint density at radius 1 is 1.00 bits per heavy atom. The van der Waals surface area contributed by atoms with E-state index in [1.807, 2.05) is 54.6 Å². The first-order valence-electron chi connectivity index (χ1n) is 3.78. The van der Waals surface area contributed by atoms with E-state index in [4.69, 9.17) is 6.42 Å². The summed E-state index contributed by atoms with van der Waals surface area (Å²) >= 11 is 0. The monoisotopic (exact) mass is 210 g/mol. The molecule has 0 aliphatic heterocycles. The van der Waals surface area contributed by atoms with Crippen molar-refractivity contribution in [2.75, 3.05) is 0 Å². The smallest absolute Gasteiger partial charge is 0.228 e. The number of rotatable bonds is 0. The molecule has 0 saturated heterocycles. The van der Waals surface area contributed by atoms with E-state index in [0.717, 1.165) is 5.56 Å². The van der Waals surface area contributed by atoms with Crippen LogP contribution in [0.25, 0.3) is 0 Å². The Bertz CT molecular complexity index is 291. The summed E-state index contributed by atoms with van der Waals surface area (Å²) in [4.78, 5) is 0. The number of terminal acetylenes is 1. The van der Waals surface area contributed by atoms with Crippen LogP contribution in [0.3, 0.4) is 0 Å². The largest absolute Gasteiger partial charge is 2.00 e. The molecule has 0 N–H and O–H groups in total. The molecule has 0 atom stereocenters. The van der Waals surface area contributed by atoms with Gasteiger partial charge in [-0.1, -0.05) is 5.56 Å². The van der Waals surface area contributed by atoms with Crippen molar-refractivity contribution >= 4 is 0 Å². The van der Waals surface area contributed by atoms with Gasteiger partial charge in [0.2, 0.25) is 0 Å². The summed E-state index contributed by atoms with van der Waals surface area (Å²) in [5, 5.41) is 0. The SMILES string of the molecule is C#C[c-]1cccc1.[Fe+2].c1cc[cH-]c1. The minimum atomic E-state index is 0. The summed E-state index contributed by atoms with van der Waals surface area (Å²) in [6.07, 6.45) is 5.04. The third-order valence-electron chi connectivity index (χ3n) is 1.38. The molecule has 2 aromatic carbocycles. The molecular weight excluding hydrogens is 200 g/mol. The molecule has 13 heavy (non-hydrogen) atoms. The van der Waals surface area contributed by atoms with Crippen LogP contribution in [0.2, 0.25) is 0 Å². The molecule has 0 aliphatic carbocycles. The van der Waals surface area contributed by atoms with E-state index in [1.54, 1.807) is 0 Å². The zero-order valence-corrected chi connectivity index (χ0v) is 8.23. The van der Waals surface area contributed by atoms with Gasteiger partial charge in [0.15, 0.2) is 0 Å². The molecule has 0 nitrogen and oxygen atoms in total. The molecule has 0 saturated carbocycles. The van der Waals surface area contributed by atoms with Crippen molar-refractivity contribution in [3.63, 3.8) is 0 Å². The predicted octanol–water partition coefficient (Wildman–Crippen LogP) is 2.79. The number of hydrogen-bond acceptors (Lipinski definition) is 0. The van der Waals surface area contributed by atoms with Crippen LogP contribution in [0.5, 0.6) is 0 Å². The van der Waals surface area contributed by atoms with Gasteiger partial charge in [0.1, 0.15) is 0 Å². The molecule has 0 spiro atoms. The average Bonchev–Trinajstić information content (AvgIpc) is 2.81. The van der Waals surface area contributed by atoms with Crippen molar-refractivity contribution in [3.8, 4) is 12.3 Å². The fourth-order valence-corrected chi connectivity index (χ4v) is 0.791. The van der Waals surface area contributed by atoms with E-state index < -0.39 is 0 Å². The third-order valence-corrected chi connectivity index (χ3v) is 1.38. The van der Waals surface area contributed by atoms with Crippen molar-refractivity contribution in [2.45, 2.75) is 0 Å². The maximum atomic E-state index is 5.04. The minimum Gasteiger partial charge on any atom is -0.228 e. The van der Waals surface area contributed by atoms with Gasteiger partial charge >= 0.3 is 17.1 Å². The predicted molar refractivity (Wildman–Crippen MR) is 52.0 cm³/mol. The van der Waals surface area contributed by atoms with Crippen LogP contribution in [-0.2, 0) is 17.1 Å². The molecule has 2 rings (SSSR count). The quantitative estimate of drug-likeness (QED) is 0.356. The van der Waals surface area contributed by atoms with Gasteiger partial charge in [0, 0.05) is 0 Å². The summed E-state index contributed by atoms with van der Waals surface area (Å²) in [7, 11) is 0. The molecule has 66 valence electrons. The van der Waals surface area contributed by atoms with Gasteiger partial charge in [-0.25, -0.2) is 18.6 Å². The molecule has 0 fully saturated rings. The van der Waals surface area contributed by atoms with Crippen molar-refractivity contribution < 1.29 is 17.1 Å². The molecule has 0 radical (unpaired) electrons. The van der Waals surface area contributed by atoms with Gasteiger partial charge < -0.3 is 0 Å². The summed E-state index contributed by atoms with van der Waals surface area (Å²) in [6.45, 7) is 0. The van der Waals surface area contributed by atoms with E-state index in [2.05, 4.69) is 5.92 Å². The second kappa shape index (κ2) is 7.43. The Morgan fingerprint density at radius 2 is 1.54 bits per heavy atom. The zero-order valence-electron chi connectivity index (χ0n) is 7.13. The Hall–Kier alpha value is -1.22. The summed E-state index contributed by atoms with van der Waals surface area (Å²) in [5.74, 6) is 2.51. The van der Waals surface area contributed by atoms with Crippen LogP contribution in [-0.4, -0.2) is 0 Å². The Kier molecular flexibility index (Phi) is 6.73. The third kappa shape index (κ3) is 5.09. The second-order valence-corrected chi connectivity index (χ2v) is 2.28. The summed E-state index contributed by atoms with van der Waals surface area (Å²) in [5.41, 5.74) is 0.958.